The summed E-state index contributed by atoms with van der Waals surface area (Å²) >= 11 is 1.68. The molecule has 4 rings (SSSR count). The molecule has 160 valence electrons. The van der Waals surface area contributed by atoms with Crippen LogP contribution in [-0.2, 0) is 14.4 Å². The highest BCUT2D eigenvalue weighted by Gasteiger charge is 2.41. The molecule has 1 aliphatic carbocycles. The van der Waals surface area contributed by atoms with Gasteiger partial charge in [0.1, 0.15) is 6.54 Å². The van der Waals surface area contributed by atoms with Gasteiger partial charge in [-0.05, 0) is 37.3 Å². The molecule has 3 amide bonds. The maximum Gasteiger partial charge on any atom is 0.261 e. The first-order valence-electron chi connectivity index (χ1n) is 10.8. The highest BCUT2D eigenvalue weighted by atomic mass is 32.2. The molecular weight excluding hydrogens is 398 g/mol. The van der Waals surface area contributed by atoms with Crippen molar-refractivity contribution in [3.63, 3.8) is 0 Å². The Kier molecular flexibility index (Phi) is 6.46. The van der Waals surface area contributed by atoms with Gasteiger partial charge in [-0.15, -0.1) is 11.8 Å². The Morgan fingerprint density at radius 2 is 1.77 bits per heavy atom. The molecule has 2 heterocycles. The monoisotopic (exact) mass is 427 g/mol. The molecule has 0 spiro atoms. The van der Waals surface area contributed by atoms with Crippen LogP contribution < -0.4 is 5.73 Å². The van der Waals surface area contributed by atoms with Gasteiger partial charge in [0.15, 0.2) is 0 Å². The summed E-state index contributed by atoms with van der Waals surface area (Å²) in [6, 6.07) is 9.99. The Morgan fingerprint density at radius 1 is 1.07 bits per heavy atom. The summed E-state index contributed by atoms with van der Waals surface area (Å²) in [7, 11) is 0. The zero-order valence-electron chi connectivity index (χ0n) is 17.2. The van der Waals surface area contributed by atoms with Crippen LogP contribution in [0.5, 0.6) is 0 Å². The first-order chi connectivity index (χ1) is 14.5. The lowest BCUT2D eigenvalue weighted by Crippen LogP contribution is -2.55. The van der Waals surface area contributed by atoms with Crippen molar-refractivity contribution in [1.82, 2.24) is 9.80 Å². The SMILES string of the molecule is NC(=O)C1CCN(C(=O)CN2C(=O)/C(=C/c3ccccc3)SC3CCCCC32)CC1. The van der Waals surface area contributed by atoms with Crippen molar-refractivity contribution in [3.8, 4) is 0 Å². The van der Waals surface area contributed by atoms with Crippen LogP contribution in [0.15, 0.2) is 35.2 Å². The Bertz CT molecular complexity index is 833. The van der Waals surface area contributed by atoms with Crippen LogP contribution in [0.4, 0.5) is 0 Å². The summed E-state index contributed by atoms with van der Waals surface area (Å²) in [5.74, 6) is -0.495. The fourth-order valence-corrected chi connectivity index (χ4v) is 6.19. The van der Waals surface area contributed by atoms with Crippen LogP contribution in [-0.4, -0.2) is 58.4 Å². The van der Waals surface area contributed by atoms with Gasteiger partial charge in [-0.2, -0.15) is 0 Å². The van der Waals surface area contributed by atoms with E-state index in [1.807, 2.05) is 41.3 Å². The van der Waals surface area contributed by atoms with Gasteiger partial charge in [-0.1, -0.05) is 43.2 Å². The van der Waals surface area contributed by atoms with Crippen LogP contribution >= 0.6 is 11.8 Å². The van der Waals surface area contributed by atoms with E-state index in [-0.39, 0.29) is 36.2 Å². The molecule has 0 bridgehead atoms. The van der Waals surface area contributed by atoms with Gasteiger partial charge < -0.3 is 15.5 Å². The zero-order chi connectivity index (χ0) is 21.1. The number of hydrogen-bond acceptors (Lipinski definition) is 4. The molecule has 0 radical (unpaired) electrons. The van der Waals surface area contributed by atoms with E-state index in [0.717, 1.165) is 29.7 Å². The highest BCUT2D eigenvalue weighted by molar-refractivity contribution is 8.04. The lowest BCUT2D eigenvalue weighted by molar-refractivity contribution is -0.142. The number of carbonyl (C=O) groups excluding carboxylic acids is 3. The molecule has 3 aliphatic rings. The quantitative estimate of drug-likeness (QED) is 0.749. The maximum absolute atomic E-state index is 13.3. The smallest absolute Gasteiger partial charge is 0.261 e. The average molecular weight is 428 g/mol. The standard InChI is InChI=1S/C23H29N3O3S/c24-22(28)17-10-12-25(13-11-17)21(27)15-26-18-8-4-5-9-19(18)30-20(23(26)29)14-16-6-2-1-3-7-16/h1-3,6-7,14,17-19H,4-5,8-13,15H2,(H2,24,28)/b20-14-. The molecule has 2 atom stereocenters. The predicted octanol–water partition coefficient (Wildman–Crippen LogP) is 2.64. The molecule has 7 heteroatoms. The van der Waals surface area contributed by atoms with Crippen molar-refractivity contribution in [2.45, 2.75) is 49.8 Å². The number of piperidine rings is 1. The summed E-state index contributed by atoms with van der Waals surface area (Å²) in [5, 5.41) is 0.347. The van der Waals surface area contributed by atoms with E-state index in [4.69, 9.17) is 5.73 Å². The first kappa shape index (κ1) is 21.0. The number of nitrogens with zero attached hydrogens (tertiary/aromatic N) is 2. The molecule has 6 nitrogen and oxygen atoms in total. The number of hydrogen-bond donors (Lipinski definition) is 1. The number of carbonyl (C=O) groups is 3. The van der Waals surface area contributed by atoms with E-state index in [0.29, 0.717) is 31.2 Å². The third kappa shape index (κ3) is 4.56. The molecule has 1 aromatic carbocycles. The normalized spacial score (nSPS) is 26.5. The van der Waals surface area contributed by atoms with Crippen molar-refractivity contribution in [3.05, 3.63) is 40.8 Å². The molecule has 1 saturated carbocycles. The molecule has 30 heavy (non-hydrogen) atoms. The number of thioether (sulfide) groups is 1. The number of benzene rings is 1. The van der Waals surface area contributed by atoms with E-state index in [1.165, 1.54) is 6.42 Å². The summed E-state index contributed by atoms with van der Waals surface area (Å²) in [5.41, 5.74) is 6.41. The second-order valence-electron chi connectivity index (χ2n) is 8.42. The van der Waals surface area contributed by atoms with Crippen molar-refractivity contribution < 1.29 is 14.4 Å². The Labute approximate surface area is 181 Å². The van der Waals surface area contributed by atoms with Crippen molar-refractivity contribution in [2.75, 3.05) is 19.6 Å². The average Bonchev–Trinajstić information content (AvgIpc) is 2.77. The predicted molar refractivity (Wildman–Crippen MR) is 118 cm³/mol. The van der Waals surface area contributed by atoms with Gasteiger partial charge >= 0.3 is 0 Å². The third-order valence-corrected chi connectivity index (χ3v) is 7.87. The molecule has 2 unspecified atom stereocenters. The lowest BCUT2D eigenvalue weighted by Gasteiger charge is -2.44. The number of primary amides is 1. The Hall–Kier alpha value is -2.28. The topological polar surface area (TPSA) is 83.7 Å². The van der Waals surface area contributed by atoms with Crippen molar-refractivity contribution in [1.29, 1.82) is 0 Å². The number of amides is 3. The lowest BCUT2D eigenvalue weighted by atomic mass is 9.92. The largest absolute Gasteiger partial charge is 0.369 e. The van der Waals surface area contributed by atoms with Gasteiger partial charge in [0.2, 0.25) is 11.8 Å². The van der Waals surface area contributed by atoms with E-state index in [9.17, 15) is 14.4 Å². The summed E-state index contributed by atoms with van der Waals surface area (Å²) in [4.78, 5) is 42.1. The second kappa shape index (κ2) is 9.25. The van der Waals surface area contributed by atoms with Crippen LogP contribution in [0.2, 0.25) is 0 Å². The zero-order valence-corrected chi connectivity index (χ0v) is 18.0. The van der Waals surface area contributed by atoms with Gasteiger partial charge in [-0.25, -0.2) is 0 Å². The minimum Gasteiger partial charge on any atom is -0.369 e. The summed E-state index contributed by atoms with van der Waals surface area (Å²) in [6.07, 6.45) is 7.47. The number of likely N-dealkylation sites (tertiary alicyclic amines) is 1. The fraction of sp³-hybridized carbons (Fsp3) is 0.522. The van der Waals surface area contributed by atoms with Crippen LogP contribution in [0, 0.1) is 5.92 Å². The molecule has 0 aromatic heterocycles. The number of rotatable bonds is 4. The van der Waals surface area contributed by atoms with Gasteiger partial charge in [0.05, 0.1) is 4.91 Å². The summed E-state index contributed by atoms with van der Waals surface area (Å²) < 4.78 is 0. The maximum atomic E-state index is 13.3. The van der Waals surface area contributed by atoms with Crippen molar-refractivity contribution in [2.24, 2.45) is 11.7 Å². The van der Waals surface area contributed by atoms with Crippen LogP contribution in [0.1, 0.15) is 44.1 Å². The van der Waals surface area contributed by atoms with E-state index in [1.54, 1.807) is 16.7 Å². The third-order valence-electron chi connectivity index (χ3n) is 6.47. The number of fused-ring (bicyclic) bond motifs is 1. The van der Waals surface area contributed by atoms with E-state index in [2.05, 4.69) is 0 Å². The van der Waals surface area contributed by atoms with Crippen LogP contribution in [0.25, 0.3) is 6.08 Å². The van der Waals surface area contributed by atoms with Gasteiger partial charge in [0.25, 0.3) is 5.91 Å². The Balaban J connectivity index is 1.49. The second-order valence-corrected chi connectivity index (χ2v) is 9.70. The summed E-state index contributed by atoms with van der Waals surface area (Å²) in [6.45, 7) is 1.18. The Morgan fingerprint density at radius 3 is 2.47 bits per heavy atom. The molecule has 2 N–H and O–H groups in total. The van der Waals surface area contributed by atoms with Gasteiger partial charge in [-0.3, -0.25) is 14.4 Å². The molecule has 1 aromatic rings. The van der Waals surface area contributed by atoms with Crippen molar-refractivity contribution >= 4 is 35.6 Å². The van der Waals surface area contributed by atoms with E-state index >= 15 is 0 Å². The fourth-order valence-electron chi connectivity index (χ4n) is 4.72. The van der Waals surface area contributed by atoms with Gasteiger partial charge in [0, 0.05) is 30.3 Å². The van der Waals surface area contributed by atoms with Crippen LogP contribution in [0.3, 0.4) is 0 Å². The minimum atomic E-state index is -0.286. The number of nitrogens with two attached hydrogens (primary N) is 1. The first-order valence-corrected chi connectivity index (χ1v) is 11.7. The molecular formula is C23H29N3O3S. The highest BCUT2D eigenvalue weighted by Crippen LogP contribution is 2.42. The van der Waals surface area contributed by atoms with E-state index < -0.39 is 0 Å². The minimum absolute atomic E-state index is 0.0263. The molecule has 2 saturated heterocycles. The molecule has 3 fully saturated rings. The molecule has 2 aliphatic heterocycles.